The molecule has 0 aliphatic heterocycles. The summed E-state index contributed by atoms with van der Waals surface area (Å²) in [5.41, 5.74) is 18.1. The summed E-state index contributed by atoms with van der Waals surface area (Å²) in [4.78, 5) is 0. The molecule has 408 valence electrons. The van der Waals surface area contributed by atoms with Gasteiger partial charge >= 0.3 is 0 Å². The van der Waals surface area contributed by atoms with Gasteiger partial charge in [-0.25, -0.2) is 0 Å². The predicted molar refractivity (Wildman–Crippen MR) is 367 cm³/mol. The topological polar surface area (TPSA) is 67.3 Å². The third-order valence-electron chi connectivity index (χ3n) is 18.4. The second-order valence-electron chi connectivity index (χ2n) is 22.8. The summed E-state index contributed by atoms with van der Waals surface area (Å²) in [7, 11) is 0. The van der Waals surface area contributed by atoms with Crippen LogP contribution in [0, 0.1) is 22.7 Å². The Morgan fingerprint density at radius 1 is 0.307 bits per heavy atom. The third-order valence-corrected chi connectivity index (χ3v) is 19.6. The van der Waals surface area contributed by atoms with E-state index in [2.05, 4.69) is 309 Å². The maximum absolute atomic E-state index is 12.8. The Balaban J connectivity index is 1.03. The molecule has 0 unspecified atom stereocenters. The van der Waals surface area contributed by atoms with Gasteiger partial charge < -0.3 is 18.3 Å². The number of rotatable bonds is 8. The number of hydrogen-bond acceptors (Lipinski definition) is 3. The molecule has 0 spiro atoms. The summed E-state index contributed by atoms with van der Waals surface area (Å²) in [5, 5.41) is 36.6. The number of hydrogen-bond donors (Lipinski definition) is 0. The minimum absolute atomic E-state index is 0.233. The second-order valence-corrected chi connectivity index (χ2v) is 23.9. The van der Waals surface area contributed by atoms with E-state index in [1.807, 2.05) is 11.3 Å². The molecule has 18 rings (SSSR count). The number of benzene rings is 13. The van der Waals surface area contributed by atoms with Gasteiger partial charge in [0.2, 0.25) is 0 Å². The van der Waals surface area contributed by atoms with Crippen LogP contribution in [0.5, 0.6) is 0 Å². The smallest absolute Gasteiger partial charge is 0.104 e. The van der Waals surface area contributed by atoms with Crippen LogP contribution in [0.2, 0.25) is 0 Å². The van der Waals surface area contributed by atoms with Crippen molar-refractivity contribution in [3.05, 3.63) is 296 Å². The highest BCUT2D eigenvalue weighted by molar-refractivity contribution is 7.26. The number of thiophene rings is 1. The van der Waals surface area contributed by atoms with Crippen LogP contribution >= 0.6 is 11.3 Å². The fourth-order valence-electron chi connectivity index (χ4n) is 14.7. The summed E-state index contributed by atoms with van der Waals surface area (Å²) < 4.78 is 11.7. The van der Waals surface area contributed by atoms with Crippen molar-refractivity contribution in [2.24, 2.45) is 0 Å². The molecule has 5 heterocycles. The fraction of sp³-hybridized carbons (Fsp3) is 0.0123. The molecule has 18 aromatic rings. The molecule has 6 nitrogen and oxygen atoms in total. The SMILES string of the molecule is N#Cc1c(Cn2c3ccc(-c4c(-c5ccccc5)cccc4-c4ccccc4)cc3c3c4sc5ccccc5c4ccc32)c(-n2c3ccccc3c3ccccc32)c(C#N)c(-n2c3ccccc3c3ccccc32)c1-n1c2ccccc2c2ccccc21. The number of nitrogens with zero attached hydrogens (tertiary/aromatic N) is 6. The minimum atomic E-state index is 0.233. The third kappa shape index (κ3) is 7.08. The highest BCUT2D eigenvalue weighted by atomic mass is 32.1. The van der Waals surface area contributed by atoms with Crippen molar-refractivity contribution >= 4 is 119 Å². The zero-order chi connectivity index (χ0) is 58.1. The van der Waals surface area contributed by atoms with E-state index in [1.165, 1.54) is 20.2 Å². The van der Waals surface area contributed by atoms with Crippen molar-refractivity contribution < 1.29 is 0 Å². The summed E-state index contributed by atoms with van der Waals surface area (Å²) in [6.07, 6.45) is 0. The van der Waals surface area contributed by atoms with E-state index in [9.17, 15) is 10.5 Å². The number of aromatic nitrogens is 4. The first-order valence-electron chi connectivity index (χ1n) is 29.7. The molecule has 13 aromatic carbocycles. The molecule has 0 amide bonds. The molecule has 0 bridgehead atoms. The molecule has 0 saturated carbocycles. The molecule has 0 aliphatic carbocycles. The van der Waals surface area contributed by atoms with Crippen molar-refractivity contribution in [3.8, 4) is 62.6 Å². The van der Waals surface area contributed by atoms with Gasteiger partial charge in [-0.1, -0.05) is 218 Å². The normalized spacial score (nSPS) is 11.9. The Labute approximate surface area is 509 Å². The van der Waals surface area contributed by atoms with Gasteiger partial charge in [0.25, 0.3) is 0 Å². The van der Waals surface area contributed by atoms with Crippen LogP contribution in [0.25, 0.3) is 158 Å². The van der Waals surface area contributed by atoms with E-state index in [-0.39, 0.29) is 6.54 Å². The lowest BCUT2D eigenvalue weighted by molar-refractivity contribution is 0.851. The molecule has 0 N–H and O–H groups in total. The van der Waals surface area contributed by atoms with Gasteiger partial charge in [0.1, 0.15) is 17.7 Å². The maximum atomic E-state index is 12.8. The van der Waals surface area contributed by atoms with Crippen molar-refractivity contribution in [3.63, 3.8) is 0 Å². The minimum Gasteiger partial charge on any atom is -0.336 e. The average Bonchev–Trinajstić information content (AvgIpc) is 1.50. The predicted octanol–water partition coefficient (Wildman–Crippen LogP) is 21.2. The fourth-order valence-corrected chi connectivity index (χ4v) is 16.0. The van der Waals surface area contributed by atoms with Crippen LogP contribution in [0.1, 0.15) is 16.7 Å². The van der Waals surface area contributed by atoms with Crippen LogP contribution in [0.4, 0.5) is 0 Å². The molecule has 0 fully saturated rings. The standard InChI is InChI=1S/C81H48N6S/c82-47-64-66(49-84-67-44-42-52(46-63(67)77-74(84)45-43-62-61-32-13-20-41-75(61)88-81(62)77)76-53(50-22-3-1-4-23-50)33-21-34-54(76)51-24-5-2-6-25-51)78(85-68-35-14-7-26-55(68)56-27-8-15-36-69(56)85)65(48-83)80(87-72-39-18-11-30-59(72)60-31-12-19-40-73(60)87)79(64)86-70-37-16-9-28-57(70)58-29-10-17-38-71(58)86/h1-46H,49H2. The number of fused-ring (bicyclic) bond motifs is 16. The molecule has 0 radical (unpaired) electrons. The molecule has 0 aliphatic rings. The van der Waals surface area contributed by atoms with E-state index in [4.69, 9.17) is 0 Å². The lowest BCUT2D eigenvalue weighted by Crippen LogP contribution is -2.17. The van der Waals surface area contributed by atoms with Gasteiger partial charge in [-0.05, 0) is 94.0 Å². The first kappa shape index (κ1) is 49.7. The molecule has 7 heteroatoms. The Morgan fingerprint density at radius 2 is 0.716 bits per heavy atom. The molecule has 88 heavy (non-hydrogen) atoms. The first-order valence-corrected chi connectivity index (χ1v) is 30.6. The molecular weight excluding hydrogens is 1090 g/mol. The van der Waals surface area contributed by atoms with Crippen molar-refractivity contribution in [2.45, 2.75) is 6.54 Å². The van der Waals surface area contributed by atoms with Gasteiger partial charge in [-0.2, -0.15) is 10.5 Å². The Morgan fingerprint density at radius 3 is 1.19 bits per heavy atom. The van der Waals surface area contributed by atoms with Gasteiger partial charge in [-0.15, -0.1) is 11.3 Å². The van der Waals surface area contributed by atoms with E-state index >= 15 is 0 Å². The number of para-hydroxylation sites is 6. The van der Waals surface area contributed by atoms with Gasteiger partial charge in [-0.3, -0.25) is 0 Å². The van der Waals surface area contributed by atoms with Gasteiger partial charge in [0.05, 0.1) is 67.8 Å². The summed E-state index contributed by atoms with van der Waals surface area (Å²) in [6.45, 7) is 0.233. The highest BCUT2D eigenvalue weighted by Gasteiger charge is 2.34. The Hall–Kier alpha value is -11.7. The zero-order valence-electron chi connectivity index (χ0n) is 47.4. The lowest BCUT2D eigenvalue weighted by Gasteiger charge is -2.26. The van der Waals surface area contributed by atoms with E-state index in [0.717, 1.165) is 126 Å². The molecule has 5 aromatic heterocycles. The van der Waals surface area contributed by atoms with Crippen molar-refractivity contribution in [2.75, 3.05) is 0 Å². The average molecular weight is 1140 g/mol. The van der Waals surface area contributed by atoms with Gasteiger partial charge in [0, 0.05) is 74.3 Å². The van der Waals surface area contributed by atoms with Crippen LogP contribution in [-0.4, -0.2) is 18.3 Å². The summed E-state index contributed by atoms with van der Waals surface area (Å²) >= 11 is 1.83. The van der Waals surface area contributed by atoms with Crippen molar-refractivity contribution in [1.29, 1.82) is 10.5 Å². The molecular formula is C81H48N6S. The quantitative estimate of drug-likeness (QED) is 0.152. The first-order chi connectivity index (χ1) is 43.6. The van der Waals surface area contributed by atoms with Crippen molar-refractivity contribution in [1.82, 2.24) is 18.3 Å². The Kier molecular flexibility index (Phi) is 10.9. The lowest BCUT2D eigenvalue weighted by atomic mass is 9.87. The summed E-state index contributed by atoms with van der Waals surface area (Å²) in [6, 6.07) is 105. The van der Waals surface area contributed by atoms with E-state index in [0.29, 0.717) is 28.2 Å². The monoisotopic (exact) mass is 1140 g/mol. The second kappa shape index (κ2) is 19.4. The van der Waals surface area contributed by atoms with Crippen LogP contribution < -0.4 is 0 Å². The zero-order valence-corrected chi connectivity index (χ0v) is 48.2. The molecule has 0 saturated heterocycles. The largest absolute Gasteiger partial charge is 0.336 e. The summed E-state index contributed by atoms with van der Waals surface area (Å²) in [5.74, 6) is 0. The van der Waals surface area contributed by atoms with Crippen LogP contribution in [-0.2, 0) is 6.54 Å². The highest BCUT2D eigenvalue weighted by Crippen LogP contribution is 2.50. The van der Waals surface area contributed by atoms with E-state index in [1.54, 1.807) is 0 Å². The van der Waals surface area contributed by atoms with Crippen LogP contribution in [0.15, 0.2) is 279 Å². The molecule has 0 atom stereocenters. The Bertz CT molecular complexity index is 5840. The van der Waals surface area contributed by atoms with E-state index < -0.39 is 0 Å². The van der Waals surface area contributed by atoms with Gasteiger partial charge in [0.15, 0.2) is 0 Å². The maximum Gasteiger partial charge on any atom is 0.104 e. The number of nitriles is 2. The van der Waals surface area contributed by atoms with Crippen LogP contribution in [0.3, 0.4) is 0 Å².